The Balaban J connectivity index is 1.83. The van der Waals surface area contributed by atoms with Gasteiger partial charge in [0.1, 0.15) is 5.75 Å². The molecule has 3 rings (SSSR count). The summed E-state index contributed by atoms with van der Waals surface area (Å²) >= 11 is 0. The second kappa shape index (κ2) is 5.76. The summed E-state index contributed by atoms with van der Waals surface area (Å²) in [6.07, 6.45) is 0.632. The topological polar surface area (TPSA) is 51.5 Å². The van der Waals surface area contributed by atoms with Crippen LogP contribution in [0.5, 0.6) is 17.2 Å². The molecule has 1 heterocycles. The van der Waals surface area contributed by atoms with Crippen molar-refractivity contribution in [3.05, 3.63) is 53.6 Å². The second-order valence-corrected chi connectivity index (χ2v) is 4.85. The molecule has 2 aromatic rings. The fourth-order valence-electron chi connectivity index (χ4n) is 2.40. The van der Waals surface area contributed by atoms with E-state index in [1.807, 2.05) is 42.5 Å². The molecule has 4 nitrogen and oxygen atoms in total. The Bertz CT molecular complexity index is 691. The van der Waals surface area contributed by atoms with E-state index >= 15 is 0 Å². The fraction of sp³-hybridized carbons (Fsp3) is 0.235. The van der Waals surface area contributed by atoms with Gasteiger partial charge in [-0.2, -0.15) is 5.26 Å². The lowest BCUT2D eigenvalue weighted by atomic mass is 9.93. The lowest BCUT2D eigenvalue weighted by Crippen LogP contribution is -2.01. The molecule has 0 saturated heterocycles. The van der Waals surface area contributed by atoms with Crippen LogP contribution in [0.2, 0.25) is 0 Å². The van der Waals surface area contributed by atoms with Crippen molar-refractivity contribution in [2.45, 2.75) is 12.3 Å². The number of methoxy groups -OCH3 is 1. The number of rotatable bonds is 4. The van der Waals surface area contributed by atoms with Crippen LogP contribution in [0.4, 0.5) is 0 Å². The van der Waals surface area contributed by atoms with Gasteiger partial charge in [-0.1, -0.05) is 18.2 Å². The smallest absolute Gasteiger partial charge is 0.231 e. The first-order chi connectivity index (χ1) is 10.3. The van der Waals surface area contributed by atoms with Gasteiger partial charge in [0.05, 0.1) is 19.1 Å². The predicted octanol–water partition coefficient (Wildman–Crippen LogP) is 3.27. The fourth-order valence-corrected chi connectivity index (χ4v) is 2.40. The van der Waals surface area contributed by atoms with Crippen LogP contribution in [0.1, 0.15) is 17.0 Å². The van der Waals surface area contributed by atoms with Gasteiger partial charge in [-0.25, -0.2) is 0 Å². The molecular formula is C17H15NO3. The Kier molecular flexibility index (Phi) is 3.65. The number of ether oxygens (including phenoxy) is 3. The number of hydrogen-bond donors (Lipinski definition) is 0. The molecule has 1 atom stereocenters. The molecule has 1 unspecified atom stereocenters. The van der Waals surface area contributed by atoms with Gasteiger partial charge in [0, 0.05) is 0 Å². The van der Waals surface area contributed by atoms with Gasteiger partial charge >= 0.3 is 0 Å². The van der Waals surface area contributed by atoms with Crippen LogP contribution < -0.4 is 14.2 Å². The summed E-state index contributed by atoms with van der Waals surface area (Å²) in [5.74, 6) is 2.01. The zero-order chi connectivity index (χ0) is 14.7. The zero-order valence-electron chi connectivity index (χ0n) is 11.7. The van der Waals surface area contributed by atoms with Gasteiger partial charge in [0.15, 0.2) is 11.5 Å². The van der Waals surface area contributed by atoms with Crippen molar-refractivity contribution in [2.75, 3.05) is 13.9 Å². The molecule has 0 spiro atoms. The number of nitriles is 1. The minimum absolute atomic E-state index is 0.230. The van der Waals surface area contributed by atoms with Crippen molar-refractivity contribution >= 4 is 0 Å². The highest BCUT2D eigenvalue weighted by atomic mass is 16.7. The summed E-state index contributed by atoms with van der Waals surface area (Å²) in [6, 6.07) is 15.8. The summed E-state index contributed by atoms with van der Waals surface area (Å²) in [5, 5.41) is 9.46. The first-order valence-corrected chi connectivity index (χ1v) is 6.72. The molecule has 1 aliphatic rings. The van der Waals surface area contributed by atoms with Crippen molar-refractivity contribution < 1.29 is 14.2 Å². The number of fused-ring (bicyclic) bond motifs is 1. The van der Waals surface area contributed by atoms with Crippen molar-refractivity contribution in [1.82, 2.24) is 0 Å². The molecule has 0 radical (unpaired) electrons. The molecule has 0 aliphatic carbocycles. The van der Waals surface area contributed by atoms with Crippen molar-refractivity contribution in [2.24, 2.45) is 0 Å². The van der Waals surface area contributed by atoms with E-state index in [-0.39, 0.29) is 12.7 Å². The van der Waals surface area contributed by atoms with Crippen molar-refractivity contribution in [1.29, 1.82) is 5.26 Å². The van der Waals surface area contributed by atoms with E-state index in [9.17, 15) is 5.26 Å². The summed E-state index contributed by atoms with van der Waals surface area (Å²) in [6.45, 7) is 0.242. The van der Waals surface area contributed by atoms with E-state index in [1.165, 1.54) is 0 Å². The number of nitrogens with zero attached hydrogens (tertiary/aromatic N) is 1. The largest absolute Gasteiger partial charge is 0.497 e. The first-order valence-electron chi connectivity index (χ1n) is 6.72. The highest BCUT2D eigenvalue weighted by Crippen LogP contribution is 2.35. The first kappa shape index (κ1) is 13.3. The van der Waals surface area contributed by atoms with Crippen LogP contribution in [-0.2, 0) is 6.42 Å². The molecule has 0 bridgehead atoms. The molecular weight excluding hydrogens is 266 g/mol. The Morgan fingerprint density at radius 2 is 2.05 bits per heavy atom. The van der Waals surface area contributed by atoms with E-state index in [2.05, 4.69) is 6.07 Å². The Labute approximate surface area is 123 Å². The van der Waals surface area contributed by atoms with Gasteiger partial charge in [0.2, 0.25) is 6.79 Å². The van der Waals surface area contributed by atoms with Gasteiger partial charge in [-0.3, -0.25) is 0 Å². The van der Waals surface area contributed by atoms with Crippen LogP contribution in [0.15, 0.2) is 42.5 Å². The standard InChI is InChI=1S/C17H15NO3/c1-19-15-4-2-3-12(8-15)7-14(10-18)13-5-6-16-17(9-13)21-11-20-16/h2-6,8-9,14H,7,11H2,1H3. The van der Waals surface area contributed by atoms with E-state index in [4.69, 9.17) is 14.2 Å². The molecule has 0 N–H and O–H groups in total. The summed E-state index contributed by atoms with van der Waals surface area (Å²) in [4.78, 5) is 0. The molecule has 0 amide bonds. The molecule has 0 aromatic heterocycles. The summed E-state index contributed by atoms with van der Waals surface area (Å²) in [7, 11) is 1.64. The third-order valence-corrected chi connectivity index (χ3v) is 3.53. The van der Waals surface area contributed by atoms with Crippen molar-refractivity contribution in [3.8, 4) is 23.3 Å². The molecule has 0 fully saturated rings. The second-order valence-electron chi connectivity index (χ2n) is 4.85. The van der Waals surface area contributed by atoms with Crippen LogP contribution in [0.3, 0.4) is 0 Å². The summed E-state index contributed by atoms with van der Waals surface area (Å²) < 4.78 is 15.9. The molecule has 106 valence electrons. The molecule has 21 heavy (non-hydrogen) atoms. The van der Waals surface area contributed by atoms with E-state index in [1.54, 1.807) is 7.11 Å². The normalized spacial score (nSPS) is 13.5. The molecule has 4 heteroatoms. The third kappa shape index (κ3) is 2.77. The predicted molar refractivity (Wildman–Crippen MR) is 77.6 cm³/mol. The highest BCUT2D eigenvalue weighted by Gasteiger charge is 2.18. The SMILES string of the molecule is COc1cccc(CC(C#N)c2ccc3c(c2)OCO3)c1. The average molecular weight is 281 g/mol. The Morgan fingerprint density at radius 3 is 2.86 bits per heavy atom. The lowest BCUT2D eigenvalue weighted by Gasteiger charge is -2.11. The van der Waals surface area contributed by atoms with E-state index in [0.717, 1.165) is 22.6 Å². The average Bonchev–Trinajstić information content (AvgIpc) is 3.00. The number of benzene rings is 2. The van der Waals surface area contributed by atoms with Gasteiger partial charge in [-0.15, -0.1) is 0 Å². The molecule has 2 aromatic carbocycles. The maximum atomic E-state index is 9.46. The highest BCUT2D eigenvalue weighted by molar-refractivity contribution is 5.47. The number of hydrogen-bond acceptors (Lipinski definition) is 4. The van der Waals surface area contributed by atoms with Gasteiger partial charge < -0.3 is 14.2 Å². The zero-order valence-corrected chi connectivity index (χ0v) is 11.7. The maximum Gasteiger partial charge on any atom is 0.231 e. The van der Waals surface area contributed by atoms with Gasteiger partial charge in [-0.05, 0) is 41.8 Å². The van der Waals surface area contributed by atoms with Crippen molar-refractivity contribution in [3.63, 3.8) is 0 Å². The quantitative estimate of drug-likeness (QED) is 0.863. The van der Waals surface area contributed by atoms with E-state index in [0.29, 0.717) is 12.2 Å². The van der Waals surface area contributed by atoms with Gasteiger partial charge in [0.25, 0.3) is 0 Å². The minimum atomic E-state index is -0.230. The van der Waals surface area contributed by atoms with Crippen LogP contribution in [0, 0.1) is 11.3 Å². The third-order valence-electron chi connectivity index (χ3n) is 3.53. The molecule has 1 aliphatic heterocycles. The monoisotopic (exact) mass is 281 g/mol. The van der Waals surface area contributed by atoms with Crippen LogP contribution in [-0.4, -0.2) is 13.9 Å². The van der Waals surface area contributed by atoms with E-state index < -0.39 is 0 Å². The maximum absolute atomic E-state index is 9.46. The lowest BCUT2D eigenvalue weighted by molar-refractivity contribution is 0.174. The molecule has 0 saturated carbocycles. The van der Waals surface area contributed by atoms with Crippen LogP contribution >= 0.6 is 0 Å². The van der Waals surface area contributed by atoms with Crippen LogP contribution in [0.25, 0.3) is 0 Å². The minimum Gasteiger partial charge on any atom is -0.497 e. The Morgan fingerprint density at radius 1 is 1.19 bits per heavy atom. The summed E-state index contributed by atoms with van der Waals surface area (Å²) in [5.41, 5.74) is 2.00. The Hall–Kier alpha value is -2.67.